The van der Waals surface area contributed by atoms with Crippen LogP contribution in [0.15, 0.2) is 47.4 Å². The summed E-state index contributed by atoms with van der Waals surface area (Å²) in [5.74, 6) is 0. The molecule has 2 heterocycles. The van der Waals surface area contributed by atoms with Crippen molar-refractivity contribution < 1.29 is 8.42 Å². The minimum Gasteiger partial charge on any atom is -0.316 e. The first-order valence-electron chi connectivity index (χ1n) is 8.79. The highest BCUT2D eigenvalue weighted by Crippen LogP contribution is 2.38. The third kappa shape index (κ3) is 2.85. The summed E-state index contributed by atoms with van der Waals surface area (Å²) in [7, 11) is -3.42. The van der Waals surface area contributed by atoms with Crippen molar-refractivity contribution in [2.75, 3.05) is 26.2 Å². The lowest BCUT2D eigenvalue weighted by molar-refractivity contribution is 0.110. The Balaban J connectivity index is 1.65. The average molecular weight is 344 g/mol. The molecule has 2 saturated heterocycles. The fraction of sp³-hybridized carbons (Fsp3) is 0.474. The zero-order chi connectivity index (χ0) is 16.6. The SMILES string of the molecule is O=S(=O)(c1ccc2ccccc2c1)N1CCCC2(CCCNC2)C1. The van der Waals surface area contributed by atoms with Crippen molar-refractivity contribution in [2.24, 2.45) is 5.41 Å². The van der Waals surface area contributed by atoms with Crippen molar-refractivity contribution in [3.8, 4) is 0 Å². The van der Waals surface area contributed by atoms with Crippen molar-refractivity contribution in [1.29, 1.82) is 0 Å². The lowest BCUT2D eigenvalue weighted by Gasteiger charge is -2.44. The molecule has 1 N–H and O–H groups in total. The second kappa shape index (κ2) is 6.14. The Bertz CT molecular complexity index is 836. The lowest BCUT2D eigenvalue weighted by atomic mass is 9.75. The molecule has 1 unspecified atom stereocenters. The van der Waals surface area contributed by atoms with Gasteiger partial charge < -0.3 is 5.32 Å². The van der Waals surface area contributed by atoms with E-state index in [-0.39, 0.29) is 5.41 Å². The topological polar surface area (TPSA) is 49.4 Å². The largest absolute Gasteiger partial charge is 0.316 e. The fourth-order valence-corrected chi connectivity index (χ4v) is 5.85. The number of fused-ring (bicyclic) bond motifs is 1. The van der Waals surface area contributed by atoms with Gasteiger partial charge in [-0.3, -0.25) is 0 Å². The molecule has 1 spiro atoms. The highest BCUT2D eigenvalue weighted by Gasteiger charge is 2.40. The monoisotopic (exact) mass is 344 g/mol. The van der Waals surface area contributed by atoms with Crippen molar-refractivity contribution in [3.63, 3.8) is 0 Å². The third-order valence-corrected chi connectivity index (χ3v) is 7.39. The van der Waals surface area contributed by atoms with Crippen molar-refractivity contribution in [3.05, 3.63) is 42.5 Å². The van der Waals surface area contributed by atoms with Crippen LogP contribution in [-0.2, 0) is 10.0 Å². The van der Waals surface area contributed by atoms with Crippen LogP contribution in [0, 0.1) is 5.41 Å². The molecule has 4 rings (SSSR count). The Morgan fingerprint density at radius 2 is 1.79 bits per heavy atom. The summed E-state index contributed by atoms with van der Waals surface area (Å²) in [4.78, 5) is 0.419. The van der Waals surface area contributed by atoms with E-state index in [1.807, 2.05) is 36.4 Å². The van der Waals surface area contributed by atoms with Crippen LogP contribution in [-0.4, -0.2) is 38.9 Å². The van der Waals surface area contributed by atoms with Crippen LogP contribution in [0.25, 0.3) is 10.8 Å². The molecule has 0 bridgehead atoms. The number of sulfonamides is 1. The van der Waals surface area contributed by atoms with Gasteiger partial charge in [-0.25, -0.2) is 8.42 Å². The molecule has 128 valence electrons. The molecule has 2 aromatic carbocycles. The van der Waals surface area contributed by atoms with Crippen LogP contribution in [0.5, 0.6) is 0 Å². The molecule has 0 radical (unpaired) electrons. The number of benzene rings is 2. The van der Waals surface area contributed by atoms with Gasteiger partial charge in [0.15, 0.2) is 0 Å². The van der Waals surface area contributed by atoms with Gasteiger partial charge in [-0.05, 0) is 60.5 Å². The molecular weight excluding hydrogens is 320 g/mol. The molecule has 2 aliphatic rings. The Kier molecular flexibility index (Phi) is 4.11. The molecule has 0 aliphatic carbocycles. The second-order valence-corrected chi connectivity index (χ2v) is 9.17. The van der Waals surface area contributed by atoms with E-state index in [9.17, 15) is 8.42 Å². The Hall–Kier alpha value is -1.43. The Morgan fingerprint density at radius 3 is 2.58 bits per heavy atom. The van der Waals surface area contributed by atoms with Gasteiger partial charge in [0.05, 0.1) is 4.90 Å². The van der Waals surface area contributed by atoms with Gasteiger partial charge >= 0.3 is 0 Å². The molecule has 24 heavy (non-hydrogen) atoms. The maximum absolute atomic E-state index is 13.2. The summed E-state index contributed by atoms with van der Waals surface area (Å²) in [6, 6.07) is 13.4. The number of nitrogens with one attached hydrogen (secondary N) is 1. The number of hydrogen-bond acceptors (Lipinski definition) is 3. The minimum absolute atomic E-state index is 0.125. The summed E-state index contributed by atoms with van der Waals surface area (Å²) < 4.78 is 28.0. The summed E-state index contributed by atoms with van der Waals surface area (Å²) in [6.45, 7) is 3.28. The maximum Gasteiger partial charge on any atom is 0.243 e. The van der Waals surface area contributed by atoms with Crippen LogP contribution in [0.2, 0.25) is 0 Å². The summed E-state index contributed by atoms with van der Waals surface area (Å²) >= 11 is 0. The zero-order valence-corrected chi connectivity index (χ0v) is 14.7. The number of piperidine rings is 2. The first kappa shape index (κ1) is 16.1. The highest BCUT2D eigenvalue weighted by molar-refractivity contribution is 7.89. The molecule has 0 aromatic heterocycles. The van der Waals surface area contributed by atoms with Gasteiger partial charge in [0.25, 0.3) is 0 Å². The van der Waals surface area contributed by atoms with Gasteiger partial charge in [-0.1, -0.05) is 30.3 Å². The van der Waals surface area contributed by atoms with E-state index in [0.29, 0.717) is 18.0 Å². The molecule has 5 heteroatoms. The molecule has 2 aromatic rings. The van der Waals surface area contributed by atoms with Crippen molar-refractivity contribution in [1.82, 2.24) is 9.62 Å². The molecule has 4 nitrogen and oxygen atoms in total. The first-order valence-corrected chi connectivity index (χ1v) is 10.2. The third-order valence-electron chi connectivity index (χ3n) is 5.55. The van der Waals surface area contributed by atoms with E-state index in [1.54, 1.807) is 10.4 Å². The van der Waals surface area contributed by atoms with E-state index in [4.69, 9.17) is 0 Å². The van der Waals surface area contributed by atoms with E-state index >= 15 is 0 Å². The molecule has 2 fully saturated rings. The Morgan fingerprint density at radius 1 is 1.00 bits per heavy atom. The average Bonchev–Trinajstić information content (AvgIpc) is 2.62. The number of hydrogen-bond donors (Lipinski definition) is 1. The quantitative estimate of drug-likeness (QED) is 0.911. The van der Waals surface area contributed by atoms with Crippen LogP contribution < -0.4 is 5.32 Å². The zero-order valence-electron chi connectivity index (χ0n) is 13.9. The van der Waals surface area contributed by atoms with Gasteiger partial charge in [-0.15, -0.1) is 0 Å². The van der Waals surface area contributed by atoms with Gasteiger partial charge in [0, 0.05) is 19.6 Å². The van der Waals surface area contributed by atoms with Crippen molar-refractivity contribution in [2.45, 2.75) is 30.6 Å². The summed E-state index contributed by atoms with van der Waals surface area (Å²) in [5.41, 5.74) is 0.125. The van der Waals surface area contributed by atoms with Gasteiger partial charge in [-0.2, -0.15) is 4.31 Å². The molecule has 0 amide bonds. The van der Waals surface area contributed by atoms with E-state index in [0.717, 1.165) is 49.5 Å². The molecule has 2 aliphatic heterocycles. The van der Waals surface area contributed by atoms with Crippen molar-refractivity contribution >= 4 is 20.8 Å². The van der Waals surface area contributed by atoms with Crippen LogP contribution in [0.1, 0.15) is 25.7 Å². The van der Waals surface area contributed by atoms with Gasteiger partial charge in [0.2, 0.25) is 10.0 Å². The van der Waals surface area contributed by atoms with Crippen LogP contribution in [0.4, 0.5) is 0 Å². The minimum atomic E-state index is -3.42. The molecule has 1 atom stereocenters. The summed E-state index contributed by atoms with van der Waals surface area (Å²) in [5, 5.41) is 5.51. The van der Waals surface area contributed by atoms with Gasteiger partial charge in [0.1, 0.15) is 0 Å². The molecule has 0 saturated carbocycles. The normalized spacial score (nSPS) is 26.0. The van der Waals surface area contributed by atoms with Crippen LogP contribution in [0.3, 0.4) is 0 Å². The fourth-order valence-electron chi connectivity index (χ4n) is 4.22. The number of rotatable bonds is 2. The second-order valence-electron chi connectivity index (χ2n) is 7.23. The first-order chi connectivity index (χ1) is 11.6. The van der Waals surface area contributed by atoms with E-state index in [2.05, 4.69) is 5.32 Å². The maximum atomic E-state index is 13.2. The summed E-state index contributed by atoms with van der Waals surface area (Å²) in [6.07, 6.45) is 4.35. The number of nitrogens with zero attached hydrogens (tertiary/aromatic N) is 1. The predicted molar refractivity (Wildman–Crippen MR) is 96.5 cm³/mol. The highest BCUT2D eigenvalue weighted by atomic mass is 32.2. The smallest absolute Gasteiger partial charge is 0.243 e. The van der Waals surface area contributed by atoms with E-state index < -0.39 is 10.0 Å². The molecular formula is C19H24N2O2S. The Labute approximate surface area is 143 Å². The van der Waals surface area contributed by atoms with Crippen LogP contribution >= 0.6 is 0 Å². The van der Waals surface area contributed by atoms with E-state index in [1.165, 1.54) is 0 Å². The lowest BCUT2D eigenvalue weighted by Crippen LogP contribution is -2.52. The standard InChI is InChI=1S/C19H24N2O2S/c22-24(23,18-8-7-16-5-1-2-6-17(16)13-18)21-12-4-10-19(15-21)9-3-11-20-14-19/h1-2,5-8,13,20H,3-4,9-12,14-15H2. The predicted octanol–water partition coefficient (Wildman–Crippen LogP) is 2.99.